The van der Waals surface area contributed by atoms with Crippen LogP contribution in [0.2, 0.25) is 0 Å². The van der Waals surface area contributed by atoms with Crippen LogP contribution in [0.1, 0.15) is 31.2 Å². The molecule has 0 bridgehead atoms. The van der Waals surface area contributed by atoms with Crippen molar-refractivity contribution in [2.45, 2.75) is 32.1 Å². The molecule has 2 N–H and O–H groups in total. The lowest BCUT2D eigenvalue weighted by atomic mass is 9.95. The summed E-state index contributed by atoms with van der Waals surface area (Å²) in [6.45, 7) is 7.18. The summed E-state index contributed by atoms with van der Waals surface area (Å²) in [6.07, 6.45) is 6.50. The highest BCUT2D eigenvalue weighted by molar-refractivity contribution is 5.48. The van der Waals surface area contributed by atoms with Gasteiger partial charge in [-0.2, -0.15) is 0 Å². The van der Waals surface area contributed by atoms with Crippen molar-refractivity contribution in [3.8, 4) is 0 Å². The van der Waals surface area contributed by atoms with Crippen molar-refractivity contribution in [2.75, 3.05) is 44.2 Å². The summed E-state index contributed by atoms with van der Waals surface area (Å²) in [6, 6.07) is 9.01. The van der Waals surface area contributed by atoms with Gasteiger partial charge in [0.1, 0.15) is 0 Å². The molecule has 1 aromatic carbocycles. The first-order chi connectivity index (χ1) is 10.3. The average Bonchev–Trinajstić information content (AvgIpc) is 3.02. The predicted octanol–water partition coefficient (Wildman–Crippen LogP) is 2.50. The summed E-state index contributed by atoms with van der Waals surface area (Å²) in [7, 11) is 0. The summed E-state index contributed by atoms with van der Waals surface area (Å²) in [4.78, 5) is 5.22. The van der Waals surface area contributed by atoms with E-state index in [1.54, 1.807) is 0 Å². The molecular formula is C18H29N3. The Morgan fingerprint density at radius 3 is 2.24 bits per heavy atom. The monoisotopic (exact) mass is 287 g/mol. The molecule has 2 saturated heterocycles. The van der Waals surface area contributed by atoms with Gasteiger partial charge < -0.3 is 15.5 Å². The lowest BCUT2D eigenvalue weighted by Gasteiger charge is -2.35. The Kier molecular flexibility index (Phi) is 5.15. The molecule has 2 heterocycles. The van der Waals surface area contributed by atoms with Gasteiger partial charge in [-0.05, 0) is 75.4 Å². The van der Waals surface area contributed by atoms with Crippen LogP contribution in [0.3, 0.4) is 0 Å². The fraction of sp³-hybridized carbons (Fsp3) is 0.667. The van der Waals surface area contributed by atoms with Crippen molar-refractivity contribution in [3.05, 3.63) is 29.8 Å². The number of nitrogens with two attached hydrogens (primary N) is 1. The topological polar surface area (TPSA) is 32.5 Å². The van der Waals surface area contributed by atoms with Gasteiger partial charge in [0.25, 0.3) is 0 Å². The van der Waals surface area contributed by atoms with E-state index in [1.807, 2.05) is 0 Å². The van der Waals surface area contributed by atoms with Crippen LogP contribution in [0, 0.1) is 5.92 Å². The first kappa shape index (κ1) is 14.9. The summed E-state index contributed by atoms with van der Waals surface area (Å²) < 4.78 is 0. The molecule has 1 aromatic rings. The van der Waals surface area contributed by atoms with Gasteiger partial charge in [0.15, 0.2) is 0 Å². The third-order valence-corrected chi connectivity index (χ3v) is 5.06. The Balaban J connectivity index is 1.48. The highest BCUT2D eigenvalue weighted by Crippen LogP contribution is 2.25. The molecule has 0 saturated carbocycles. The molecule has 2 aliphatic heterocycles. The SMILES string of the molecule is NCCc1ccc(N2CCC(CN3CCCC3)CC2)cc1. The van der Waals surface area contributed by atoms with Crippen LogP contribution in [0.25, 0.3) is 0 Å². The fourth-order valence-corrected chi connectivity index (χ4v) is 3.74. The van der Waals surface area contributed by atoms with E-state index in [0.717, 1.165) is 18.9 Å². The third-order valence-electron chi connectivity index (χ3n) is 5.06. The van der Waals surface area contributed by atoms with Crippen LogP contribution < -0.4 is 10.6 Å². The number of anilines is 1. The molecule has 3 nitrogen and oxygen atoms in total. The van der Waals surface area contributed by atoms with Crippen LogP contribution in [0.5, 0.6) is 0 Å². The molecule has 21 heavy (non-hydrogen) atoms. The van der Waals surface area contributed by atoms with Gasteiger partial charge in [-0.15, -0.1) is 0 Å². The Labute approximate surface area is 129 Å². The minimum atomic E-state index is 0.737. The van der Waals surface area contributed by atoms with Gasteiger partial charge in [-0.25, -0.2) is 0 Å². The van der Waals surface area contributed by atoms with Crippen molar-refractivity contribution in [1.29, 1.82) is 0 Å². The van der Waals surface area contributed by atoms with Gasteiger partial charge in [0.2, 0.25) is 0 Å². The molecule has 2 aliphatic rings. The van der Waals surface area contributed by atoms with E-state index in [9.17, 15) is 0 Å². The summed E-state index contributed by atoms with van der Waals surface area (Å²) >= 11 is 0. The van der Waals surface area contributed by atoms with Crippen LogP contribution in [0.4, 0.5) is 5.69 Å². The quantitative estimate of drug-likeness (QED) is 0.903. The summed E-state index contributed by atoms with van der Waals surface area (Å²) in [5.41, 5.74) is 8.35. The number of piperidine rings is 1. The van der Waals surface area contributed by atoms with Crippen LogP contribution in [-0.2, 0) is 6.42 Å². The first-order valence-corrected chi connectivity index (χ1v) is 8.61. The lowest BCUT2D eigenvalue weighted by molar-refractivity contribution is 0.249. The maximum absolute atomic E-state index is 5.61. The molecule has 0 aliphatic carbocycles. The smallest absolute Gasteiger partial charge is 0.0366 e. The molecule has 0 amide bonds. The second kappa shape index (κ2) is 7.28. The highest BCUT2D eigenvalue weighted by Gasteiger charge is 2.22. The molecule has 3 rings (SSSR count). The van der Waals surface area contributed by atoms with Crippen LogP contribution >= 0.6 is 0 Å². The highest BCUT2D eigenvalue weighted by atomic mass is 15.2. The summed E-state index contributed by atoms with van der Waals surface area (Å²) in [5.74, 6) is 0.913. The second-order valence-corrected chi connectivity index (χ2v) is 6.64. The molecule has 116 valence electrons. The maximum Gasteiger partial charge on any atom is 0.0366 e. The molecular weight excluding hydrogens is 258 g/mol. The Hall–Kier alpha value is -1.06. The normalized spacial score (nSPS) is 21.1. The minimum Gasteiger partial charge on any atom is -0.372 e. The van der Waals surface area contributed by atoms with E-state index < -0.39 is 0 Å². The number of rotatable bonds is 5. The molecule has 3 heteroatoms. The van der Waals surface area contributed by atoms with Crippen molar-refractivity contribution >= 4 is 5.69 Å². The van der Waals surface area contributed by atoms with Gasteiger partial charge in [-0.3, -0.25) is 0 Å². The average molecular weight is 287 g/mol. The molecule has 0 aromatic heterocycles. The maximum atomic E-state index is 5.61. The number of likely N-dealkylation sites (tertiary alicyclic amines) is 1. The van der Waals surface area contributed by atoms with Gasteiger partial charge in [0, 0.05) is 25.3 Å². The first-order valence-electron chi connectivity index (χ1n) is 8.61. The number of benzene rings is 1. The van der Waals surface area contributed by atoms with Gasteiger partial charge in [-0.1, -0.05) is 12.1 Å². The van der Waals surface area contributed by atoms with E-state index in [-0.39, 0.29) is 0 Å². The van der Waals surface area contributed by atoms with Crippen molar-refractivity contribution < 1.29 is 0 Å². The molecule has 0 atom stereocenters. The van der Waals surface area contributed by atoms with Crippen LogP contribution in [0.15, 0.2) is 24.3 Å². The molecule has 2 fully saturated rings. The van der Waals surface area contributed by atoms with E-state index in [1.165, 1.54) is 69.7 Å². The zero-order chi connectivity index (χ0) is 14.5. The molecule has 0 unspecified atom stereocenters. The number of hydrogen-bond donors (Lipinski definition) is 1. The van der Waals surface area contributed by atoms with Crippen molar-refractivity contribution in [1.82, 2.24) is 4.90 Å². The third kappa shape index (κ3) is 3.98. The summed E-state index contributed by atoms with van der Waals surface area (Å²) in [5, 5.41) is 0. The zero-order valence-corrected chi connectivity index (χ0v) is 13.1. The predicted molar refractivity (Wildman–Crippen MR) is 89.8 cm³/mol. The molecule has 0 radical (unpaired) electrons. The number of nitrogens with zero attached hydrogens (tertiary/aromatic N) is 2. The Bertz CT molecular complexity index is 415. The van der Waals surface area contributed by atoms with E-state index in [2.05, 4.69) is 34.1 Å². The second-order valence-electron chi connectivity index (χ2n) is 6.64. The van der Waals surface area contributed by atoms with Crippen molar-refractivity contribution in [3.63, 3.8) is 0 Å². The Morgan fingerprint density at radius 2 is 1.62 bits per heavy atom. The standard InChI is InChI=1S/C18H29N3/c19-10-7-16-3-5-18(6-4-16)21-13-8-17(9-14-21)15-20-11-1-2-12-20/h3-6,17H,1-2,7-15,19H2. The molecule has 0 spiro atoms. The zero-order valence-electron chi connectivity index (χ0n) is 13.1. The van der Waals surface area contributed by atoms with E-state index >= 15 is 0 Å². The van der Waals surface area contributed by atoms with Crippen molar-refractivity contribution in [2.24, 2.45) is 11.7 Å². The minimum absolute atomic E-state index is 0.737. The lowest BCUT2D eigenvalue weighted by Crippen LogP contribution is -2.38. The van der Waals surface area contributed by atoms with Gasteiger partial charge >= 0.3 is 0 Å². The largest absolute Gasteiger partial charge is 0.372 e. The van der Waals surface area contributed by atoms with E-state index in [0.29, 0.717) is 0 Å². The van der Waals surface area contributed by atoms with Crippen LogP contribution in [-0.4, -0.2) is 44.2 Å². The fourth-order valence-electron chi connectivity index (χ4n) is 3.74. The van der Waals surface area contributed by atoms with E-state index in [4.69, 9.17) is 5.73 Å². The number of hydrogen-bond acceptors (Lipinski definition) is 3. The van der Waals surface area contributed by atoms with Gasteiger partial charge in [0.05, 0.1) is 0 Å². The Morgan fingerprint density at radius 1 is 0.952 bits per heavy atom.